The summed E-state index contributed by atoms with van der Waals surface area (Å²) in [5, 5.41) is 6.37. The molecule has 3 N–H and O–H groups in total. The van der Waals surface area contributed by atoms with Gasteiger partial charge >= 0.3 is 0 Å². The van der Waals surface area contributed by atoms with Gasteiger partial charge < -0.3 is 24.8 Å². The number of rotatable bonds is 7. The second-order valence-corrected chi connectivity index (χ2v) is 6.80. The molecule has 2 amide bonds. The number of hydrogen-bond acceptors (Lipinski definition) is 4. The summed E-state index contributed by atoms with van der Waals surface area (Å²) in [4.78, 5) is 28.8. The van der Waals surface area contributed by atoms with Crippen molar-refractivity contribution in [2.45, 2.75) is 6.54 Å². The number of furan rings is 1. The van der Waals surface area contributed by atoms with Crippen LogP contribution in [0.2, 0.25) is 0 Å². The van der Waals surface area contributed by atoms with Crippen LogP contribution in [0.3, 0.4) is 0 Å². The van der Waals surface area contributed by atoms with Crippen LogP contribution in [0.25, 0.3) is 17.0 Å². The Balaban J connectivity index is 1.65. The van der Waals surface area contributed by atoms with Crippen molar-refractivity contribution in [3.8, 4) is 5.75 Å². The molecule has 0 aliphatic heterocycles. The third kappa shape index (κ3) is 4.67. The molecule has 0 aliphatic carbocycles. The van der Waals surface area contributed by atoms with Crippen LogP contribution in [-0.2, 0) is 11.3 Å². The minimum Gasteiger partial charge on any atom is -0.497 e. The van der Waals surface area contributed by atoms with Crippen molar-refractivity contribution in [1.82, 2.24) is 15.6 Å². The molecule has 0 fully saturated rings. The predicted molar refractivity (Wildman–Crippen MR) is 117 cm³/mol. The number of carbonyl (C=O) groups excluding carboxylic acids is 2. The molecule has 0 bridgehead atoms. The quantitative estimate of drug-likeness (QED) is 0.400. The number of hydrogen-bond donors (Lipinski definition) is 3. The summed E-state index contributed by atoms with van der Waals surface area (Å²) in [6.07, 6.45) is 4.95. The van der Waals surface area contributed by atoms with Crippen LogP contribution in [0.15, 0.2) is 83.2 Å². The van der Waals surface area contributed by atoms with Gasteiger partial charge in [-0.25, -0.2) is 0 Å². The van der Waals surface area contributed by atoms with E-state index >= 15 is 0 Å². The first-order chi connectivity index (χ1) is 15.1. The Morgan fingerprint density at radius 3 is 2.68 bits per heavy atom. The molecule has 4 aromatic rings. The molecule has 31 heavy (non-hydrogen) atoms. The highest BCUT2D eigenvalue weighted by atomic mass is 16.5. The van der Waals surface area contributed by atoms with Crippen LogP contribution in [0.1, 0.15) is 21.7 Å². The van der Waals surface area contributed by atoms with Crippen LogP contribution >= 0.6 is 0 Å². The molecule has 7 nitrogen and oxygen atoms in total. The van der Waals surface area contributed by atoms with E-state index in [0.29, 0.717) is 17.1 Å². The maximum absolute atomic E-state index is 12.9. The Kier molecular flexibility index (Phi) is 5.84. The molecule has 2 aromatic carbocycles. The van der Waals surface area contributed by atoms with Crippen LogP contribution < -0.4 is 15.4 Å². The van der Waals surface area contributed by atoms with Crippen LogP contribution in [0, 0.1) is 0 Å². The van der Waals surface area contributed by atoms with Crippen LogP contribution in [0.4, 0.5) is 0 Å². The zero-order valence-corrected chi connectivity index (χ0v) is 16.8. The molecule has 0 saturated heterocycles. The van der Waals surface area contributed by atoms with E-state index in [0.717, 1.165) is 16.5 Å². The van der Waals surface area contributed by atoms with Gasteiger partial charge in [-0.05, 0) is 48.5 Å². The lowest BCUT2D eigenvalue weighted by molar-refractivity contribution is -0.118. The van der Waals surface area contributed by atoms with Gasteiger partial charge in [0.05, 0.1) is 19.9 Å². The Bertz CT molecular complexity index is 1220. The van der Waals surface area contributed by atoms with Crippen molar-refractivity contribution in [1.29, 1.82) is 0 Å². The highest BCUT2D eigenvalue weighted by Crippen LogP contribution is 2.25. The largest absolute Gasteiger partial charge is 0.497 e. The highest BCUT2D eigenvalue weighted by molar-refractivity contribution is 6.06. The first-order valence-electron chi connectivity index (χ1n) is 9.68. The van der Waals surface area contributed by atoms with E-state index in [1.807, 2.05) is 24.3 Å². The maximum Gasteiger partial charge on any atom is 0.268 e. The van der Waals surface area contributed by atoms with Crippen molar-refractivity contribution in [3.63, 3.8) is 0 Å². The van der Waals surface area contributed by atoms with Crippen molar-refractivity contribution in [2.24, 2.45) is 0 Å². The lowest BCUT2D eigenvalue weighted by Gasteiger charge is -2.10. The minimum absolute atomic E-state index is 0.115. The van der Waals surface area contributed by atoms with Gasteiger partial charge in [-0.15, -0.1) is 0 Å². The monoisotopic (exact) mass is 415 g/mol. The number of carbonyl (C=O) groups is 2. The summed E-state index contributed by atoms with van der Waals surface area (Å²) >= 11 is 0. The van der Waals surface area contributed by atoms with E-state index in [1.165, 1.54) is 6.26 Å². The molecule has 0 spiro atoms. The number of aromatic amines is 1. The summed E-state index contributed by atoms with van der Waals surface area (Å²) in [7, 11) is 1.59. The normalized spacial score (nSPS) is 11.3. The SMILES string of the molecule is COc1ccc2[nH]cc(/C=C(/NC(=O)c3ccccc3)C(=O)NCc3ccco3)c2c1. The standard InChI is InChI=1S/C24H21N3O4/c1-30-18-9-10-21-20(13-18)17(14-25-21)12-22(24(29)26-15-19-8-5-11-31-19)27-23(28)16-6-3-2-4-7-16/h2-14,25H,15H2,1H3,(H,26,29)(H,27,28)/b22-12+. The molecule has 2 heterocycles. The third-order valence-electron chi connectivity index (χ3n) is 4.75. The number of H-pyrrole nitrogens is 1. The van der Waals surface area contributed by atoms with E-state index in [4.69, 9.17) is 9.15 Å². The first-order valence-corrected chi connectivity index (χ1v) is 9.68. The number of aromatic nitrogens is 1. The molecule has 4 rings (SSSR count). The molecule has 0 saturated carbocycles. The van der Waals surface area contributed by atoms with Gasteiger partial charge in [0, 0.05) is 28.2 Å². The predicted octanol–water partition coefficient (Wildman–Crippen LogP) is 3.86. The maximum atomic E-state index is 12.9. The molecular weight excluding hydrogens is 394 g/mol. The van der Waals surface area contributed by atoms with Gasteiger partial charge in [-0.3, -0.25) is 9.59 Å². The lowest BCUT2D eigenvalue weighted by atomic mass is 10.1. The number of amides is 2. The Hall–Kier alpha value is -4.26. The zero-order chi connectivity index (χ0) is 21.6. The molecule has 2 aromatic heterocycles. The van der Waals surface area contributed by atoms with E-state index in [2.05, 4.69) is 15.6 Å². The summed E-state index contributed by atoms with van der Waals surface area (Å²) in [5.41, 5.74) is 2.19. The van der Waals surface area contributed by atoms with E-state index in [-0.39, 0.29) is 18.1 Å². The molecule has 156 valence electrons. The van der Waals surface area contributed by atoms with Gasteiger partial charge in [0.2, 0.25) is 0 Å². The molecular formula is C24H21N3O4. The topological polar surface area (TPSA) is 96.4 Å². The molecule has 0 aliphatic rings. The van der Waals surface area contributed by atoms with Gasteiger partial charge in [0.25, 0.3) is 11.8 Å². The van der Waals surface area contributed by atoms with Gasteiger partial charge in [-0.2, -0.15) is 0 Å². The average molecular weight is 415 g/mol. The van der Waals surface area contributed by atoms with Crippen molar-refractivity contribution < 1.29 is 18.7 Å². The van der Waals surface area contributed by atoms with Crippen LogP contribution in [-0.4, -0.2) is 23.9 Å². The minimum atomic E-state index is -0.432. The van der Waals surface area contributed by atoms with Gasteiger partial charge in [0.15, 0.2) is 0 Å². The number of methoxy groups -OCH3 is 1. The Labute approximate surface area is 178 Å². The van der Waals surface area contributed by atoms with Crippen molar-refractivity contribution >= 4 is 28.8 Å². The summed E-state index contributed by atoms with van der Waals surface area (Å²) in [6, 6.07) is 17.8. The highest BCUT2D eigenvalue weighted by Gasteiger charge is 2.16. The Morgan fingerprint density at radius 2 is 1.94 bits per heavy atom. The number of nitrogens with one attached hydrogen (secondary N) is 3. The summed E-state index contributed by atoms with van der Waals surface area (Å²) in [6.45, 7) is 0.200. The van der Waals surface area contributed by atoms with E-state index < -0.39 is 5.91 Å². The first kappa shape index (κ1) is 20.0. The van der Waals surface area contributed by atoms with Crippen molar-refractivity contribution in [3.05, 3.63) is 95.7 Å². The fourth-order valence-electron chi connectivity index (χ4n) is 3.14. The molecule has 7 heteroatoms. The van der Waals surface area contributed by atoms with Crippen LogP contribution in [0.5, 0.6) is 5.75 Å². The second-order valence-electron chi connectivity index (χ2n) is 6.80. The van der Waals surface area contributed by atoms with E-state index in [9.17, 15) is 9.59 Å². The fraction of sp³-hybridized carbons (Fsp3) is 0.0833. The second kappa shape index (κ2) is 9.04. The molecule has 0 unspecified atom stereocenters. The summed E-state index contributed by atoms with van der Waals surface area (Å²) in [5.74, 6) is 0.494. The smallest absolute Gasteiger partial charge is 0.268 e. The van der Waals surface area contributed by atoms with E-state index in [1.54, 1.807) is 55.8 Å². The van der Waals surface area contributed by atoms with Gasteiger partial charge in [-0.1, -0.05) is 18.2 Å². The number of ether oxygens (including phenoxy) is 1. The lowest BCUT2D eigenvalue weighted by Crippen LogP contribution is -2.34. The number of fused-ring (bicyclic) bond motifs is 1. The summed E-state index contributed by atoms with van der Waals surface area (Å²) < 4.78 is 10.6. The third-order valence-corrected chi connectivity index (χ3v) is 4.75. The number of benzene rings is 2. The Morgan fingerprint density at radius 1 is 1.10 bits per heavy atom. The molecule has 0 atom stereocenters. The van der Waals surface area contributed by atoms with Gasteiger partial charge in [0.1, 0.15) is 17.2 Å². The van der Waals surface area contributed by atoms with Crippen molar-refractivity contribution in [2.75, 3.05) is 7.11 Å². The fourth-order valence-corrected chi connectivity index (χ4v) is 3.14. The average Bonchev–Trinajstić information content (AvgIpc) is 3.47. The molecule has 0 radical (unpaired) electrons. The zero-order valence-electron chi connectivity index (χ0n) is 16.8.